The highest BCUT2D eigenvalue weighted by Crippen LogP contribution is 2.27. The van der Waals surface area contributed by atoms with E-state index in [2.05, 4.69) is 19.2 Å². The van der Waals surface area contributed by atoms with E-state index in [1.54, 1.807) is 7.11 Å². The van der Waals surface area contributed by atoms with Gasteiger partial charge in [-0.1, -0.05) is 50.6 Å². The molecule has 0 fully saturated rings. The Morgan fingerprint density at radius 2 is 2.00 bits per heavy atom. The van der Waals surface area contributed by atoms with Crippen LogP contribution in [-0.2, 0) is 9.53 Å². The monoisotopic (exact) mass is 293 g/mol. The average Bonchev–Trinajstić information content (AvgIpc) is 2.48. The summed E-state index contributed by atoms with van der Waals surface area (Å²) in [5.41, 5.74) is 1.04. The number of ether oxygens (including phenoxy) is 1. The highest BCUT2D eigenvalue weighted by Gasteiger charge is 2.25. The summed E-state index contributed by atoms with van der Waals surface area (Å²) in [5, 5.41) is 12.5. The van der Waals surface area contributed by atoms with E-state index in [9.17, 15) is 9.90 Å². The predicted molar refractivity (Wildman–Crippen MR) is 84.1 cm³/mol. The lowest BCUT2D eigenvalue weighted by Crippen LogP contribution is -2.35. The van der Waals surface area contributed by atoms with Crippen molar-refractivity contribution < 1.29 is 14.6 Å². The molecule has 0 radical (unpaired) electrons. The van der Waals surface area contributed by atoms with E-state index in [-0.39, 0.29) is 17.7 Å². The van der Waals surface area contributed by atoms with Crippen LogP contribution in [-0.4, -0.2) is 37.4 Å². The van der Waals surface area contributed by atoms with E-state index in [1.165, 1.54) is 0 Å². The lowest BCUT2D eigenvalue weighted by atomic mass is 9.85. The molecule has 21 heavy (non-hydrogen) atoms. The molecule has 0 heterocycles. The Hall–Kier alpha value is -1.39. The second kappa shape index (κ2) is 9.53. The van der Waals surface area contributed by atoms with Crippen LogP contribution < -0.4 is 5.32 Å². The molecule has 1 rings (SSSR count). The number of aliphatic hydroxyl groups is 1. The molecule has 3 atom stereocenters. The number of hydrogen-bond acceptors (Lipinski definition) is 3. The minimum atomic E-state index is -0.533. The van der Waals surface area contributed by atoms with Gasteiger partial charge in [0.1, 0.15) is 0 Å². The van der Waals surface area contributed by atoms with Crippen LogP contribution >= 0.6 is 0 Å². The van der Waals surface area contributed by atoms with Crippen molar-refractivity contribution in [1.29, 1.82) is 0 Å². The third-order valence-electron chi connectivity index (χ3n) is 3.79. The largest absolute Gasteiger partial charge is 0.391 e. The lowest BCUT2D eigenvalue weighted by molar-refractivity contribution is -0.123. The van der Waals surface area contributed by atoms with Crippen LogP contribution in [0.3, 0.4) is 0 Å². The van der Waals surface area contributed by atoms with Crippen molar-refractivity contribution in [2.24, 2.45) is 5.92 Å². The molecule has 0 aliphatic rings. The highest BCUT2D eigenvalue weighted by molar-refractivity contribution is 5.83. The Balaban J connectivity index is 2.61. The number of benzene rings is 1. The number of carbonyl (C=O) groups is 1. The summed E-state index contributed by atoms with van der Waals surface area (Å²) in [4.78, 5) is 12.5. The zero-order chi connectivity index (χ0) is 15.7. The first-order chi connectivity index (χ1) is 10.1. The van der Waals surface area contributed by atoms with Crippen LogP contribution in [0.2, 0.25) is 0 Å². The van der Waals surface area contributed by atoms with E-state index < -0.39 is 6.10 Å². The predicted octanol–water partition coefficient (Wildman–Crippen LogP) is 2.33. The van der Waals surface area contributed by atoms with Gasteiger partial charge in [-0.05, 0) is 17.9 Å². The standard InChI is InChI=1S/C17H27NO3/c1-4-13(2)16(14-8-6-5-7-9-14)17(20)18-11-10-15(19)12-21-3/h5-9,13,15-16,19H,4,10-12H2,1-3H3,(H,18,20). The Labute approximate surface area is 127 Å². The van der Waals surface area contributed by atoms with Gasteiger partial charge < -0.3 is 15.2 Å². The normalized spacial score (nSPS) is 15.2. The van der Waals surface area contributed by atoms with Gasteiger partial charge in [0.15, 0.2) is 0 Å². The van der Waals surface area contributed by atoms with Gasteiger partial charge in [0.2, 0.25) is 5.91 Å². The maximum atomic E-state index is 12.5. The molecule has 4 heteroatoms. The second-order valence-corrected chi connectivity index (χ2v) is 5.46. The maximum Gasteiger partial charge on any atom is 0.227 e. The van der Waals surface area contributed by atoms with Crippen LogP contribution in [0.5, 0.6) is 0 Å². The van der Waals surface area contributed by atoms with E-state index in [4.69, 9.17) is 4.74 Å². The molecule has 0 saturated heterocycles. The Morgan fingerprint density at radius 3 is 2.57 bits per heavy atom. The third kappa shape index (κ3) is 5.86. The molecule has 1 aromatic carbocycles. The average molecular weight is 293 g/mol. The fourth-order valence-electron chi connectivity index (χ4n) is 2.38. The van der Waals surface area contributed by atoms with Crippen molar-refractivity contribution in [3.63, 3.8) is 0 Å². The van der Waals surface area contributed by atoms with Gasteiger partial charge in [0, 0.05) is 13.7 Å². The Kier molecular flexibility index (Phi) is 8.01. The molecular weight excluding hydrogens is 266 g/mol. The van der Waals surface area contributed by atoms with Gasteiger partial charge in [0.05, 0.1) is 18.6 Å². The second-order valence-electron chi connectivity index (χ2n) is 5.46. The Bertz CT molecular complexity index is 408. The van der Waals surface area contributed by atoms with Gasteiger partial charge >= 0.3 is 0 Å². The quantitative estimate of drug-likeness (QED) is 0.734. The number of hydrogen-bond donors (Lipinski definition) is 2. The summed E-state index contributed by atoms with van der Waals surface area (Å²) >= 11 is 0. The summed E-state index contributed by atoms with van der Waals surface area (Å²) in [5.74, 6) is 0.159. The van der Waals surface area contributed by atoms with Gasteiger partial charge in [0.25, 0.3) is 0 Å². The smallest absolute Gasteiger partial charge is 0.227 e. The molecule has 4 nitrogen and oxygen atoms in total. The molecule has 3 unspecified atom stereocenters. The number of aliphatic hydroxyl groups excluding tert-OH is 1. The van der Waals surface area contributed by atoms with Crippen molar-refractivity contribution in [1.82, 2.24) is 5.32 Å². The van der Waals surface area contributed by atoms with Crippen molar-refractivity contribution in [2.75, 3.05) is 20.3 Å². The first kappa shape index (κ1) is 17.7. The van der Waals surface area contributed by atoms with Gasteiger partial charge in [-0.25, -0.2) is 0 Å². The minimum absolute atomic E-state index is 0.0279. The number of rotatable bonds is 9. The number of amides is 1. The molecule has 0 aliphatic carbocycles. The SMILES string of the molecule is CCC(C)C(C(=O)NCCC(O)COC)c1ccccc1. The number of carbonyl (C=O) groups excluding carboxylic acids is 1. The summed E-state index contributed by atoms with van der Waals surface area (Å²) in [6, 6.07) is 9.86. The van der Waals surface area contributed by atoms with Crippen LogP contribution in [0.1, 0.15) is 38.2 Å². The summed E-state index contributed by atoms with van der Waals surface area (Å²) in [6.45, 7) is 4.94. The molecule has 0 bridgehead atoms. The molecule has 1 amide bonds. The highest BCUT2D eigenvalue weighted by atomic mass is 16.5. The molecule has 2 N–H and O–H groups in total. The van der Waals surface area contributed by atoms with Crippen molar-refractivity contribution in [3.05, 3.63) is 35.9 Å². The fraction of sp³-hybridized carbons (Fsp3) is 0.588. The van der Waals surface area contributed by atoms with Gasteiger partial charge in [-0.3, -0.25) is 4.79 Å². The summed E-state index contributed by atoms with van der Waals surface area (Å²) in [6.07, 6.45) is 0.912. The fourth-order valence-corrected chi connectivity index (χ4v) is 2.38. The van der Waals surface area contributed by atoms with Gasteiger partial charge in [-0.2, -0.15) is 0 Å². The zero-order valence-electron chi connectivity index (χ0n) is 13.2. The minimum Gasteiger partial charge on any atom is -0.391 e. The molecule has 0 aliphatic heterocycles. The van der Waals surface area contributed by atoms with E-state index in [1.807, 2.05) is 30.3 Å². The van der Waals surface area contributed by atoms with Crippen molar-refractivity contribution >= 4 is 5.91 Å². The van der Waals surface area contributed by atoms with Crippen molar-refractivity contribution in [2.45, 2.75) is 38.7 Å². The third-order valence-corrected chi connectivity index (χ3v) is 3.79. The zero-order valence-corrected chi connectivity index (χ0v) is 13.2. The van der Waals surface area contributed by atoms with Gasteiger partial charge in [-0.15, -0.1) is 0 Å². The Morgan fingerprint density at radius 1 is 1.33 bits per heavy atom. The summed E-state index contributed by atoms with van der Waals surface area (Å²) < 4.78 is 4.87. The number of nitrogens with one attached hydrogen (secondary N) is 1. The first-order valence-corrected chi connectivity index (χ1v) is 7.59. The molecule has 0 aromatic heterocycles. The van der Waals surface area contributed by atoms with Crippen molar-refractivity contribution in [3.8, 4) is 0 Å². The van der Waals surface area contributed by atoms with E-state index >= 15 is 0 Å². The van der Waals surface area contributed by atoms with Crippen LogP contribution in [0.25, 0.3) is 0 Å². The summed E-state index contributed by atoms with van der Waals surface area (Å²) in [7, 11) is 1.55. The molecule has 118 valence electrons. The topological polar surface area (TPSA) is 58.6 Å². The molecule has 0 spiro atoms. The number of methoxy groups -OCH3 is 1. The molecule has 0 saturated carbocycles. The van der Waals surface area contributed by atoms with Crippen LogP contribution in [0.15, 0.2) is 30.3 Å². The van der Waals surface area contributed by atoms with Crippen LogP contribution in [0.4, 0.5) is 0 Å². The molecular formula is C17H27NO3. The van der Waals surface area contributed by atoms with E-state index in [0.29, 0.717) is 19.6 Å². The lowest BCUT2D eigenvalue weighted by Gasteiger charge is -2.23. The van der Waals surface area contributed by atoms with Crippen LogP contribution in [0, 0.1) is 5.92 Å². The van der Waals surface area contributed by atoms with E-state index in [0.717, 1.165) is 12.0 Å². The maximum absolute atomic E-state index is 12.5. The molecule has 1 aromatic rings. The first-order valence-electron chi connectivity index (χ1n) is 7.59.